The van der Waals surface area contributed by atoms with Gasteiger partial charge in [-0.1, -0.05) is 117 Å². The van der Waals surface area contributed by atoms with Gasteiger partial charge in [0.1, 0.15) is 0 Å². The van der Waals surface area contributed by atoms with Gasteiger partial charge in [0.15, 0.2) is 0 Å². The molecule has 4 aromatic rings. The predicted octanol–water partition coefficient (Wildman–Crippen LogP) is 10.3. The van der Waals surface area contributed by atoms with E-state index >= 15 is 0 Å². The average molecular weight is 875 g/mol. The number of hydrogen-bond acceptors (Lipinski definition) is 7. The standard InChI is InChI=1S/C26H34N2O2.C25H32N2O3.2C2H6/c1-26(2)11-13-27(14-12-26)16-18-15-21-22(20-8-4-3-7-19(18)20)17-28(25(21)30)23-9-5-6-10-24(23)29;1-25(2)8-10-26(11-9-25)14-17-13-20-21(19-6-4-3-5-18(17)19)15-27(24(20)29)22-7-12-30-16-23(22)28;2*1-2/h3-4,7-8,15,23-24,29H,5-6,9-14,16-17H2,1-2H3;3-6,13,22-23,28H,7-12,14-16H2,1-2H3;2*1-2H3/t23?,24-;22?,23-;;/m00../s1. The number of nitrogens with zero attached hydrogens (tertiary/aromatic N) is 4. The zero-order valence-electron chi connectivity index (χ0n) is 40.4. The van der Waals surface area contributed by atoms with Gasteiger partial charge in [-0.05, 0) is 138 Å². The summed E-state index contributed by atoms with van der Waals surface area (Å²) in [7, 11) is 0. The molecule has 0 spiro atoms. The first kappa shape index (κ1) is 48.1. The minimum atomic E-state index is -0.612. The lowest BCUT2D eigenvalue weighted by Gasteiger charge is -2.37. The van der Waals surface area contributed by atoms with Crippen LogP contribution in [0.3, 0.4) is 0 Å². The van der Waals surface area contributed by atoms with Crippen molar-refractivity contribution in [1.82, 2.24) is 19.6 Å². The van der Waals surface area contributed by atoms with Crippen molar-refractivity contribution < 1.29 is 24.5 Å². The van der Waals surface area contributed by atoms with E-state index in [2.05, 4.69) is 98.2 Å². The predicted molar refractivity (Wildman–Crippen MR) is 260 cm³/mol. The number of piperidine rings is 2. The Morgan fingerprint density at radius 1 is 0.578 bits per heavy atom. The first-order valence-corrected chi connectivity index (χ1v) is 24.9. The van der Waals surface area contributed by atoms with Crippen molar-refractivity contribution in [3.05, 3.63) is 94.0 Å². The van der Waals surface area contributed by atoms with Crippen molar-refractivity contribution in [3.63, 3.8) is 0 Å². The molecule has 6 aliphatic rings. The SMILES string of the molecule is CC.CC.CC1(C)CCN(Cc2cc3c(c4ccccc24)CN(C2CCCC[C@@H]2O)C3=O)CC1.CC1(C)CCN(Cc2cc3c(c4ccccc24)CN(C2CCOC[C@@H]2O)C3=O)CC1. The number of hydrogen-bond donors (Lipinski definition) is 2. The zero-order chi connectivity index (χ0) is 45.8. The molecule has 2 unspecified atom stereocenters. The number of ether oxygens (including phenoxy) is 1. The first-order chi connectivity index (χ1) is 30.9. The fourth-order valence-corrected chi connectivity index (χ4v) is 11.0. The highest BCUT2D eigenvalue weighted by atomic mass is 16.5. The molecule has 0 radical (unpaired) electrons. The first-order valence-electron chi connectivity index (χ1n) is 24.9. The van der Waals surface area contributed by atoms with Crippen molar-refractivity contribution in [2.75, 3.05) is 39.4 Å². The molecular formula is C55H78N4O5. The Labute approximate surface area is 384 Å². The number of likely N-dealkylation sites (tertiary alicyclic amines) is 2. The van der Waals surface area contributed by atoms with E-state index in [0.29, 0.717) is 43.6 Å². The topological polar surface area (TPSA) is 96.8 Å². The lowest BCUT2D eigenvalue weighted by molar-refractivity contribution is -0.0571. The lowest BCUT2D eigenvalue weighted by atomic mass is 9.82. The highest BCUT2D eigenvalue weighted by Gasteiger charge is 2.40. The molecule has 9 nitrogen and oxygen atoms in total. The minimum Gasteiger partial charge on any atom is -0.391 e. The molecule has 2 amide bonds. The van der Waals surface area contributed by atoms with Crippen LogP contribution in [0.4, 0.5) is 0 Å². The molecule has 64 heavy (non-hydrogen) atoms. The van der Waals surface area contributed by atoms with Gasteiger partial charge in [-0.3, -0.25) is 19.4 Å². The Hall–Kier alpha value is -3.86. The number of aliphatic hydroxyl groups excluding tert-OH is 2. The van der Waals surface area contributed by atoms with Gasteiger partial charge < -0.3 is 24.7 Å². The van der Waals surface area contributed by atoms with Crippen molar-refractivity contribution in [3.8, 4) is 0 Å². The zero-order valence-corrected chi connectivity index (χ0v) is 40.4. The van der Waals surface area contributed by atoms with Gasteiger partial charge in [-0.25, -0.2) is 0 Å². The molecule has 4 aromatic carbocycles. The second-order valence-electron chi connectivity index (χ2n) is 20.4. The molecule has 4 atom stereocenters. The van der Waals surface area contributed by atoms with Gasteiger partial charge in [0.25, 0.3) is 11.8 Å². The summed E-state index contributed by atoms with van der Waals surface area (Å²) in [5, 5.41) is 25.9. The van der Waals surface area contributed by atoms with Crippen LogP contribution < -0.4 is 0 Å². The molecule has 0 aromatic heterocycles. The third-order valence-corrected chi connectivity index (χ3v) is 15.1. The number of aliphatic hydroxyl groups is 2. The molecule has 5 heterocycles. The normalized spacial score (nSPS) is 25.4. The Kier molecular flexibility index (Phi) is 15.6. The van der Waals surface area contributed by atoms with Crippen molar-refractivity contribution in [2.45, 2.75) is 164 Å². The smallest absolute Gasteiger partial charge is 0.254 e. The summed E-state index contributed by atoms with van der Waals surface area (Å²) >= 11 is 0. The third kappa shape index (κ3) is 10.2. The second-order valence-corrected chi connectivity index (χ2v) is 20.4. The summed E-state index contributed by atoms with van der Waals surface area (Å²) in [4.78, 5) is 35.7. The van der Waals surface area contributed by atoms with Gasteiger partial charge in [0.05, 0.1) is 30.9 Å². The van der Waals surface area contributed by atoms with E-state index in [9.17, 15) is 19.8 Å². The second kappa shape index (κ2) is 20.8. The molecule has 348 valence electrons. The quantitative estimate of drug-likeness (QED) is 0.199. The van der Waals surface area contributed by atoms with Gasteiger partial charge in [0.2, 0.25) is 0 Å². The fraction of sp³-hybridized carbons (Fsp3) is 0.600. The maximum Gasteiger partial charge on any atom is 0.254 e. The van der Waals surface area contributed by atoms with Crippen LogP contribution in [0.25, 0.3) is 21.5 Å². The number of amides is 2. The van der Waals surface area contributed by atoms with Crippen LogP contribution >= 0.6 is 0 Å². The highest BCUT2D eigenvalue weighted by Crippen LogP contribution is 2.40. The summed E-state index contributed by atoms with van der Waals surface area (Å²) in [6, 6.07) is 21.2. The summed E-state index contributed by atoms with van der Waals surface area (Å²) in [6.07, 6.45) is 8.44. The van der Waals surface area contributed by atoms with Crippen LogP contribution in [0.5, 0.6) is 0 Å². The number of carbonyl (C=O) groups is 2. The van der Waals surface area contributed by atoms with Gasteiger partial charge in [0, 0.05) is 43.9 Å². The summed E-state index contributed by atoms with van der Waals surface area (Å²) in [5.41, 5.74) is 7.31. The highest BCUT2D eigenvalue weighted by molar-refractivity contribution is 6.06. The van der Waals surface area contributed by atoms with E-state index < -0.39 is 6.10 Å². The molecule has 4 fully saturated rings. The molecule has 0 bridgehead atoms. The maximum atomic E-state index is 13.4. The van der Waals surface area contributed by atoms with Crippen molar-refractivity contribution in [2.24, 2.45) is 10.8 Å². The molecule has 1 aliphatic carbocycles. The number of carbonyl (C=O) groups excluding carboxylic acids is 2. The summed E-state index contributed by atoms with van der Waals surface area (Å²) in [5.74, 6) is 0.172. The van der Waals surface area contributed by atoms with E-state index in [1.165, 1.54) is 58.4 Å². The average Bonchev–Trinajstić information content (AvgIpc) is 3.82. The molecule has 1 saturated carbocycles. The molecule has 10 rings (SSSR count). The fourth-order valence-electron chi connectivity index (χ4n) is 11.0. The third-order valence-electron chi connectivity index (χ3n) is 15.1. The molecular weight excluding hydrogens is 797 g/mol. The summed E-state index contributed by atoms with van der Waals surface area (Å²) in [6.45, 7) is 25.8. The maximum absolute atomic E-state index is 13.4. The number of fused-ring (bicyclic) bond motifs is 6. The monoisotopic (exact) mass is 875 g/mol. The van der Waals surface area contributed by atoms with Crippen molar-refractivity contribution >= 4 is 33.4 Å². The number of benzene rings is 4. The van der Waals surface area contributed by atoms with E-state index in [4.69, 9.17) is 4.74 Å². The Morgan fingerprint density at radius 3 is 1.41 bits per heavy atom. The van der Waals surface area contributed by atoms with Crippen LogP contribution in [-0.2, 0) is 30.9 Å². The van der Waals surface area contributed by atoms with Gasteiger partial charge in [-0.2, -0.15) is 0 Å². The minimum absolute atomic E-state index is 0.0369. The van der Waals surface area contributed by atoms with Crippen LogP contribution in [-0.4, -0.2) is 105 Å². The Bertz CT molecular complexity index is 2080. The molecule has 2 N–H and O–H groups in total. The molecule has 9 heteroatoms. The van der Waals surface area contributed by atoms with Crippen LogP contribution in [0.15, 0.2) is 60.7 Å². The van der Waals surface area contributed by atoms with Gasteiger partial charge >= 0.3 is 0 Å². The van der Waals surface area contributed by atoms with E-state index in [0.717, 1.165) is 87.2 Å². The Balaban J connectivity index is 0.000000178. The largest absolute Gasteiger partial charge is 0.391 e. The van der Waals surface area contributed by atoms with Gasteiger partial charge in [-0.15, -0.1) is 0 Å². The van der Waals surface area contributed by atoms with Crippen LogP contribution in [0.1, 0.15) is 156 Å². The molecule has 3 saturated heterocycles. The lowest BCUT2D eigenvalue weighted by Crippen LogP contribution is -2.49. The van der Waals surface area contributed by atoms with E-state index in [1.54, 1.807) is 0 Å². The van der Waals surface area contributed by atoms with Crippen molar-refractivity contribution in [1.29, 1.82) is 0 Å². The number of rotatable bonds is 6. The molecule has 5 aliphatic heterocycles. The Morgan fingerprint density at radius 2 is 0.984 bits per heavy atom. The van der Waals surface area contributed by atoms with Crippen LogP contribution in [0.2, 0.25) is 0 Å². The summed E-state index contributed by atoms with van der Waals surface area (Å²) < 4.78 is 5.38. The van der Waals surface area contributed by atoms with E-state index in [1.807, 2.05) is 37.5 Å². The van der Waals surface area contributed by atoms with Crippen LogP contribution in [0, 0.1) is 10.8 Å². The van der Waals surface area contributed by atoms with E-state index in [-0.39, 0.29) is 30.0 Å².